The second kappa shape index (κ2) is 9.05. The van der Waals surface area contributed by atoms with Crippen LogP contribution in [0.3, 0.4) is 0 Å². The van der Waals surface area contributed by atoms with E-state index < -0.39 is 11.7 Å². The SMILES string of the molecule is CC(C)(C)OC(=O)NC1CCN(C(=O)c2ccc(-c3nc4ccccc4c(=O)[nH]3)cc2)CC1. The molecular formula is C25H28N4O4. The standard InChI is InChI=1S/C25H28N4O4/c1-25(2,3)33-24(32)26-18-12-14-29(15-13-18)23(31)17-10-8-16(9-11-17)21-27-20-7-5-4-6-19(20)22(30)28-21/h4-11,18H,12-15H2,1-3H3,(H,26,32)(H,27,28,30). The molecule has 2 aromatic carbocycles. The Kier molecular flexibility index (Phi) is 6.18. The van der Waals surface area contributed by atoms with Crippen molar-refractivity contribution in [1.29, 1.82) is 0 Å². The summed E-state index contributed by atoms with van der Waals surface area (Å²) in [5.74, 6) is 0.406. The highest BCUT2D eigenvalue weighted by molar-refractivity contribution is 5.94. The average molecular weight is 449 g/mol. The molecule has 0 atom stereocenters. The Bertz CT molecular complexity index is 1220. The molecular weight excluding hydrogens is 420 g/mol. The van der Waals surface area contributed by atoms with Gasteiger partial charge in [0.05, 0.1) is 10.9 Å². The molecule has 1 aromatic heterocycles. The molecule has 0 bridgehead atoms. The minimum atomic E-state index is -0.539. The summed E-state index contributed by atoms with van der Waals surface area (Å²) >= 11 is 0. The number of carbonyl (C=O) groups excluding carboxylic acids is 2. The van der Waals surface area contributed by atoms with Crippen molar-refractivity contribution < 1.29 is 14.3 Å². The molecule has 33 heavy (non-hydrogen) atoms. The highest BCUT2D eigenvalue weighted by atomic mass is 16.6. The number of nitrogens with one attached hydrogen (secondary N) is 2. The molecule has 1 fully saturated rings. The van der Waals surface area contributed by atoms with Crippen LogP contribution in [-0.2, 0) is 4.74 Å². The lowest BCUT2D eigenvalue weighted by Crippen LogP contribution is -2.47. The van der Waals surface area contributed by atoms with Crippen LogP contribution in [0, 0.1) is 0 Å². The highest BCUT2D eigenvalue weighted by Crippen LogP contribution is 2.20. The number of piperidine rings is 1. The molecule has 1 aliphatic rings. The van der Waals surface area contributed by atoms with Crippen LogP contribution in [0.4, 0.5) is 4.79 Å². The fourth-order valence-electron chi connectivity index (χ4n) is 3.88. The van der Waals surface area contributed by atoms with E-state index in [-0.39, 0.29) is 17.5 Å². The van der Waals surface area contributed by atoms with Gasteiger partial charge in [-0.15, -0.1) is 0 Å². The first-order valence-electron chi connectivity index (χ1n) is 11.1. The van der Waals surface area contributed by atoms with E-state index in [0.717, 1.165) is 5.56 Å². The summed E-state index contributed by atoms with van der Waals surface area (Å²) in [6, 6.07) is 14.2. The summed E-state index contributed by atoms with van der Waals surface area (Å²) in [7, 11) is 0. The molecule has 172 valence electrons. The Morgan fingerprint density at radius 3 is 2.39 bits per heavy atom. The molecule has 0 aliphatic carbocycles. The molecule has 1 saturated heterocycles. The van der Waals surface area contributed by atoms with Crippen LogP contribution in [0.2, 0.25) is 0 Å². The van der Waals surface area contributed by atoms with E-state index in [1.165, 1.54) is 0 Å². The van der Waals surface area contributed by atoms with Crippen molar-refractivity contribution in [2.45, 2.75) is 45.3 Å². The number of rotatable bonds is 3. The van der Waals surface area contributed by atoms with Gasteiger partial charge in [0.15, 0.2) is 0 Å². The summed E-state index contributed by atoms with van der Waals surface area (Å²) in [4.78, 5) is 46.3. The predicted molar refractivity (Wildman–Crippen MR) is 126 cm³/mol. The maximum absolute atomic E-state index is 12.9. The molecule has 0 radical (unpaired) electrons. The number of para-hydroxylation sites is 1. The fourth-order valence-corrected chi connectivity index (χ4v) is 3.88. The number of aromatic nitrogens is 2. The quantitative estimate of drug-likeness (QED) is 0.636. The first-order valence-corrected chi connectivity index (χ1v) is 11.1. The Hall–Kier alpha value is -3.68. The lowest BCUT2D eigenvalue weighted by Gasteiger charge is -2.33. The number of amides is 2. The van der Waals surface area contributed by atoms with Gasteiger partial charge in [-0.2, -0.15) is 0 Å². The van der Waals surface area contributed by atoms with Crippen LogP contribution >= 0.6 is 0 Å². The largest absolute Gasteiger partial charge is 0.444 e. The van der Waals surface area contributed by atoms with Crippen LogP contribution in [-0.4, -0.2) is 51.6 Å². The van der Waals surface area contributed by atoms with Gasteiger partial charge in [0.1, 0.15) is 11.4 Å². The molecule has 0 unspecified atom stereocenters. The van der Waals surface area contributed by atoms with E-state index in [9.17, 15) is 14.4 Å². The lowest BCUT2D eigenvalue weighted by molar-refractivity contribution is 0.0473. The Labute approximate surface area is 192 Å². The van der Waals surface area contributed by atoms with Crippen LogP contribution in [0.25, 0.3) is 22.3 Å². The number of aromatic amines is 1. The molecule has 0 spiro atoms. The Morgan fingerprint density at radius 2 is 1.73 bits per heavy atom. The number of ether oxygens (including phenoxy) is 1. The summed E-state index contributed by atoms with van der Waals surface area (Å²) < 4.78 is 5.30. The number of benzene rings is 2. The molecule has 0 saturated carbocycles. The van der Waals surface area contributed by atoms with E-state index >= 15 is 0 Å². The predicted octanol–water partition coefficient (Wildman–Crippen LogP) is 3.72. The molecule has 4 rings (SSSR count). The van der Waals surface area contributed by atoms with Crippen molar-refractivity contribution >= 4 is 22.9 Å². The highest BCUT2D eigenvalue weighted by Gasteiger charge is 2.26. The molecule has 2 N–H and O–H groups in total. The molecule has 2 heterocycles. The Balaban J connectivity index is 1.38. The molecule has 3 aromatic rings. The number of nitrogens with zero attached hydrogens (tertiary/aromatic N) is 2. The second-order valence-corrected chi connectivity index (χ2v) is 9.22. The van der Waals surface area contributed by atoms with E-state index in [4.69, 9.17) is 4.74 Å². The zero-order chi connectivity index (χ0) is 23.6. The van der Waals surface area contributed by atoms with Crippen LogP contribution in [0.5, 0.6) is 0 Å². The first kappa shape index (κ1) is 22.5. The molecule has 2 amide bonds. The fraction of sp³-hybridized carbons (Fsp3) is 0.360. The minimum absolute atomic E-state index is 0.0120. The number of fused-ring (bicyclic) bond motifs is 1. The summed E-state index contributed by atoms with van der Waals surface area (Å²) in [5, 5.41) is 3.42. The molecule has 1 aliphatic heterocycles. The van der Waals surface area contributed by atoms with Crippen LogP contribution in [0.15, 0.2) is 53.3 Å². The van der Waals surface area contributed by atoms with Crippen molar-refractivity contribution in [3.8, 4) is 11.4 Å². The van der Waals surface area contributed by atoms with Crippen LogP contribution in [0.1, 0.15) is 44.0 Å². The van der Waals surface area contributed by atoms with Gasteiger partial charge >= 0.3 is 6.09 Å². The van der Waals surface area contributed by atoms with E-state index in [1.807, 2.05) is 26.8 Å². The lowest BCUT2D eigenvalue weighted by atomic mass is 10.0. The summed E-state index contributed by atoms with van der Waals surface area (Å²) in [5.41, 5.74) is 1.19. The number of hydrogen-bond acceptors (Lipinski definition) is 5. The minimum Gasteiger partial charge on any atom is -0.444 e. The van der Waals surface area contributed by atoms with Gasteiger partial charge in [0, 0.05) is 30.3 Å². The number of H-pyrrole nitrogens is 1. The smallest absolute Gasteiger partial charge is 0.407 e. The van der Waals surface area contributed by atoms with Gasteiger partial charge in [0.2, 0.25) is 0 Å². The van der Waals surface area contributed by atoms with Crippen molar-refractivity contribution in [3.05, 3.63) is 64.4 Å². The third-order valence-corrected chi connectivity index (χ3v) is 5.52. The normalized spacial score (nSPS) is 14.8. The van der Waals surface area contributed by atoms with Crippen LogP contribution < -0.4 is 10.9 Å². The molecule has 8 nitrogen and oxygen atoms in total. The van der Waals surface area contributed by atoms with E-state index in [2.05, 4.69) is 15.3 Å². The summed E-state index contributed by atoms with van der Waals surface area (Å²) in [6.07, 6.45) is 0.916. The van der Waals surface area contributed by atoms with Crippen molar-refractivity contribution in [3.63, 3.8) is 0 Å². The maximum Gasteiger partial charge on any atom is 0.407 e. The number of likely N-dealkylation sites (tertiary alicyclic amines) is 1. The van der Waals surface area contributed by atoms with Gasteiger partial charge < -0.3 is 19.9 Å². The van der Waals surface area contributed by atoms with E-state index in [1.54, 1.807) is 47.4 Å². The summed E-state index contributed by atoms with van der Waals surface area (Å²) in [6.45, 7) is 6.59. The topological polar surface area (TPSA) is 104 Å². The third kappa shape index (κ3) is 5.39. The average Bonchev–Trinajstić information content (AvgIpc) is 2.78. The van der Waals surface area contributed by atoms with Crippen molar-refractivity contribution in [2.24, 2.45) is 0 Å². The maximum atomic E-state index is 12.9. The van der Waals surface area contributed by atoms with E-state index in [0.29, 0.717) is 48.2 Å². The number of carbonyl (C=O) groups is 2. The third-order valence-electron chi connectivity index (χ3n) is 5.52. The number of hydrogen-bond donors (Lipinski definition) is 2. The zero-order valence-electron chi connectivity index (χ0n) is 19.1. The Morgan fingerprint density at radius 1 is 1.06 bits per heavy atom. The van der Waals surface area contributed by atoms with Gasteiger partial charge in [-0.1, -0.05) is 24.3 Å². The van der Waals surface area contributed by atoms with Crippen molar-refractivity contribution in [1.82, 2.24) is 20.2 Å². The first-order chi connectivity index (χ1) is 15.7. The van der Waals surface area contributed by atoms with Gasteiger partial charge in [0.25, 0.3) is 11.5 Å². The zero-order valence-corrected chi connectivity index (χ0v) is 19.1. The van der Waals surface area contributed by atoms with Gasteiger partial charge in [-0.3, -0.25) is 9.59 Å². The number of alkyl carbamates (subject to hydrolysis) is 1. The molecule has 8 heteroatoms. The monoisotopic (exact) mass is 448 g/mol. The van der Waals surface area contributed by atoms with Gasteiger partial charge in [-0.25, -0.2) is 9.78 Å². The van der Waals surface area contributed by atoms with Crippen molar-refractivity contribution in [2.75, 3.05) is 13.1 Å². The second-order valence-electron chi connectivity index (χ2n) is 9.22. The van der Waals surface area contributed by atoms with Gasteiger partial charge in [-0.05, 0) is 57.9 Å².